The molecule has 5 atom stereocenters. The lowest BCUT2D eigenvalue weighted by Crippen LogP contribution is -2.55. The molecule has 1 aromatic rings. The Morgan fingerprint density at radius 3 is 2.31 bits per heavy atom. The SMILES string of the molecule is COc1cc(OC)c([C@@H]2CC(C)(O)[C@@H]3CC=C(C)[C@@H](O)[C@@H]3O2)cc1OC. The van der Waals surface area contributed by atoms with Crippen molar-refractivity contribution in [3.05, 3.63) is 29.3 Å². The number of methoxy groups -OCH3 is 3. The molecule has 1 aromatic carbocycles. The number of aliphatic hydroxyl groups excluding tert-OH is 1. The highest BCUT2D eigenvalue weighted by Crippen LogP contribution is 2.49. The van der Waals surface area contributed by atoms with Crippen LogP contribution in [0.2, 0.25) is 0 Å². The number of hydrogen-bond donors (Lipinski definition) is 2. The van der Waals surface area contributed by atoms with E-state index in [0.29, 0.717) is 30.1 Å². The lowest BCUT2D eigenvalue weighted by molar-refractivity contribution is -0.206. The molecule has 1 aliphatic carbocycles. The maximum Gasteiger partial charge on any atom is 0.164 e. The van der Waals surface area contributed by atoms with E-state index in [4.69, 9.17) is 18.9 Å². The fourth-order valence-corrected chi connectivity index (χ4v) is 4.08. The van der Waals surface area contributed by atoms with Gasteiger partial charge in [-0.25, -0.2) is 0 Å². The normalized spacial score (nSPS) is 33.9. The standard InChI is InChI=1S/C20H28O6/c1-11-6-7-13-19(18(11)21)26-17(10-20(13,2)22)12-8-15(24-4)16(25-5)9-14(12)23-3/h6,8-9,13,17-19,21-22H,7,10H2,1-5H3/t13-,17+,18-,19-,20?/m1/s1. The molecule has 0 amide bonds. The Labute approximate surface area is 154 Å². The fourth-order valence-electron chi connectivity index (χ4n) is 4.08. The molecule has 1 saturated heterocycles. The molecule has 0 aromatic heterocycles. The number of ether oxygens (including phenoxy) is 4. The molecule has 0 bridgehead atoms. The first-order chi connectivity index (χ1) is 12.3. The average Bonchev–Trinajstić information content (AvgIpc) is 2.62. The van der Waals surface area contributed by atoms with Crippen LogP contribution in [0.25, 0.3) is 0 Å². The van der Waals surface area contributed by atoms with Crippen molar-refractivity contribution in [1.82, 2.24) is 0 Å². The highest BCUT2D eigenvalue weighted by molar-refractivity contribution is 5.51. The molecule has 1 unspecified atom stereocenters. The van der Waals surface area contributed by atoms with Crippen LogP contribution in [-0.4, -0.2) is 49.4 Å². The van der Waals surface area contributed by atoms with E-state index in [1.165, 1.54) is 0 Å². The first kappa shape index (κ1) is 19.0. The lowest BCUT2D eigenvalue weighted by Gasteiger charge is -2.49. The van der Waals surface area contributed by atoms with Crippen LogP contribution in [0.15, 0.2) is 23.8 Å². The number of benzene rings is 1. The Hall–Kier alpha value is -1.76. The topological polar surface area (TPSA) is 77.4 Å². The number of aliphatic hydroxyl groups is 2. The molecule has 0 radical (unpaired) electrons. The summed E-state index contributed by atoms with van der Waals surface area (Å²) in [7, 11) is 4.72. The molecule has 6 heteroatoms. The minimum Gasteiger partial charge on any atom is -0.496 e. The zero-order valence-corrected chi connectivity index (χ0v) is 16.0. The molecule has 2 aliphatic rings. The molecule has 1 fully saturated rings. The highest BCUT2D eigenvalue weighted by Gasteiger charge is 2.50. The summed E-state index contributed by atoms with van der Waals surface area (Å²) in [5.74, 6) is 1.57. The first-order valence-corrected chi connectivity index (χ1v) is 8.84. The van der Waals surface area contributed by atoms with Crippen molar-refractivity contribution in [2.24, 2.45) is 5.92 Å². The molecule has 1 aliphatic heterocycles. The summed E-state index contributed by atoms with van der Waals surface area (Å²) in [5, 5.41) is 21.7. The summed E-state index contributed by atoms with van der Waals surface area (Å²) < 4.78 is 22.5. The van der Waals surface area contributed by atoms with Crippen molar-refractivity contribution in [3.63, 3.8) is 0 Å². The molecule has 1 heterocycles. The van der Waals surface area contributed by atoms with Gasteiger partial charge in [-0.15, -0.1) is 0 Å². The van der Waals surface area contributed by atoms with Gasteiger partial charge in [0.25, 0.3) is 0 Å². The van der Waals surface area contributed by atoms with Crippen LogP contribution >= 0.6 is 0 Å². The zero-order valence-electron chi connectivity index (χ0n) is 16.0. The molecule has 6 nitrogen and oxygen atoms in total. The number of fused-ring (bicyclic) bond motifs is 1. The molecule has 0 spiro atoms. The highest BCUT2D eigenvalue weighted by atomic mass is 16.5. The van der Waals surface area contributed by atoms with Crippen LogP contribution in [0.3, 0.4) is 0 Å². The summed E-state index contributed by atoms with van der Waals surface area (Å²) in [6.07, 6.45) is 1.46. The van der Waals surface area contributed by atoms with Crippen LogP contribution in [0.1, 0.15) is 38.4 Å². The third-order valence-corrected chi connectivity index (χ3v) is 5.67. The van der Waals surface area contributed by atoms with E-state index in [2.05, 4.69) is 0 Å². The quantitative estimate of drug-likeness (QED) is 0.800. The number of allylic oxidation sites excluding steroid dienone is 1. The third-order valence-electron chi connectivity index (χ3n) is 5.67. The van der Waals surface area contributed by atoms with Gasteiger partial charge in [0.1, 0.15) is 11.9 Å². The summed E-state index contributed by atoms with van der Waals surface area (Å²) in [6.45, 7) is 3.70. The van der Waals surface area contributed by atoms with E-state index in [1.54, 1.807) is 27.4 Å². The van der Waals surface area contributed by atoms with Gasteiger partial charge in [0.15, 0.2) is 11.5 Å². The third kappa shape index (κ3) is 3.17. The second-order valence-corrected chi connectivity index (χ2v) is 7.33. The Bertz CT molecular complexity index is 696. The Balaban J connectivity index is 2.01. The molecular formula is C20H28O6. The predicted octanol–water partition coefficient (Wildman–Crippen LogP) is 2.62. The summed E-state index contributed by atoms with van der Waals surface area (Å²) in [4.78, 5) is 0. The minimum absolute atomic E-state index is 0.149. The first-order valence-electron chi connectivity index (χ1n) is 8.84. The maximum atomic E-state index is 11.1. The molecule has 144 valence electrons. The summed E-state index contributed by atoms with van der Waals surface area (Å²) >= 11 is 0. The monoisotopic (exact) mass is 364 g/mol. The van der Waals surface area contributed by atoms with Gasteiger partial charge in [0, 0.05) is 24.0 Å². The average molecular weight is 364 g/mol. The fraction of sp³-hybridized carbons (Fsp3) is 0.600. The van der Waals surface area contributed by atoms with Crippen molar-refractivity contribution >= 4 is 0 Å². The second kappa shape index (κ2) is 7.10. The van der Waals surface area contributed by atoms with Gasteiger partial charge in [-0.2, -0.15) is 0 Å². The zero-order chi connectivity index (χ0) is 19.1. The van der Waals surface area contributed by atoms with Crippen LogP contribution in [-0.2, 0) is 4.74 Å². The van der Waals surface area contributed by atoms with E-state index in [9.17, 15) is 10.2 Å². The molecule has 26 heavy (non-hydrogen) atoms. The van der Waals surface area contributed by atoms with Crippen molar-refractivity contribution in [2.75, 3.05) is 21.3 Å². The minimum atomic E-state index is -0.968. The molecule has 0 saturated carbocycles. The molecule has 2 N–H and O–H groups in total. The van der Waals surface area contributed by atoms with Gasteiger partial charge in [-0.3, -0.25) is 0 Å². The number of rotatable bonds is 4. The van der Waals surface area contributed by atoms with Gasteiger partial charge in [-0.1, -0.05) is 6.08 Å². The molecular weight excluding hydrogens is 336 g/mol. The van der Waals surface area contributed by atoms with Gasteiger partial charge >= 0.3 is 0 Å². The molecule has 3 rings (SSSR count). The van der Waals surface area contributed by atoms with Gasteiger partial charge in [0.05, 0.1) is 39.1 Å². The Morgan fingerprint density at radius 1 is 1.08 bits per heavy atom. The van der Waals surface area contributed by atoms with Crippen molar-refractivity contribution < 1.29 is 29.2 Å². The summed E-state index contributed by atoms with van der Waals surface area (Å²) in [5.41, 5.74) is 0.675. The Morgan fingerprint density at radius 2 is 1.69 bits per heavy atom. The second-order valence-electron chi connectivity index (χ2n) is 7.33. The number of hydrogen-bond acceptors (Lipinski definition) is 6. The van der Waals surface area contributed by atoms with Gasteiger partial charge in [-0.05, 0) is 31.9 Å². The maximum absolute atomic E-state index is 11.1. The largest absolute Gasteiger partial charge is 0.496 e. The van der Waals surface area contributed by atoms with Gasteiger partial charge in [0.2, 0.25) is 0 Å². The summed E-state index contributed by atoms with van der Waals surface area (Å²) in [6, 6.07) is 3.57. The smallest absolute Gasteiger partial charge is 0.164 e. The lowest BCUT2D eigenvalue weighted by atomic mass is 9.70. The van der Waals surface area contributed by atoms with Crippen LogP contribution in [0.5, 0.6) is 17.2 Å². The Kier molecular flexibility index (Phi) is 5.19. The van der Waals surface area contributed by atoms with E-state index < -0.39 is 23.9 Å². The van der Waals surface area contributed by atoms with E-state index in [0.717, 1.165) is 11.1 Å². The van der Waals surface area contributed by atoms with Crippen LogP contribution < -0.4 is 14.2 Å². The van der Waals surface area contributed by atoms with Crippen molar-refractivity contribution in [2.45, 2.75) is 50.6 Å². The van der Waals surface area contributed by atoms with E-state index in [1.807, 2.05) is 26.0 Å². The van der Waals surface area contributed by atoms with Gasteiger partial charge < -0.3 is 29.2 Å². The predicted molar refractivity (Wildman–Crippen MR) is 96.8 cm³/mol. The van der Waals surface area contributed by atoms with Crippen LogP contribution in [0, 0.1) is 5.92 Å². The van der Waals surface area contributed by atoms with Crippen molar-refractivity contribution in [3.8, 4) is 17.2 Å². The van der Waals surface area contributed by atoms with Crippen molar-refractivity contribution in [1.29, 1.82) is 0 Å². The van der Waals surface area contributed by atoms with E-state index in [-0.39, 0.29) is 5.92 Å². The van der Waals surface area contributed by atoms with E-state index >= 15 is 0 Å². The van der Waals surface area contributed by atoms with Crippen LogP contribution in [0.4, 0.5) is 0 Å².